The van der Waals surface area contributed by atoms with Crippen LogP contribution in [-0.2, 0) is 0 Å². The predicted molar refractivity (Wildman–Crippen MR) is 36.0 cm³/mol. The van der Waals surface area contributed by atoms with E-state index in [9.17, 15) is 0 Å². The summed E-state index contributed by atoms with van der Waals surface area (Å²) in [6.07, 6.45) is 8.41. The lowest BCUT2D eigenvalue weighted by atomic mass is 10.0. The lowest BCUT2D eigenvalue weighted by Gasteiger charge is -2.06. The Hall–Kier alpha value is -0.590. The Balaban J connectivity index is 2.40. The van der Waals surface area contributed by atoms with Gasteiger partial charge < -0.3 is 0 Å². The Kier molecular flexibility index (Phi) is 1.84. The van der Waals surface area contributed by atoms with E-state index in [2.05, 4.69) is 18.0 Å². The van der Waals surface area contributed by atoms with Gasteiger partial charge in [-0.05, 0) is 18.8 Å². The van der Waals surface area contributed by atoms with E-state index < -0.39 is 0 Å². The summed E-state index contributed by atoms with van der Waals surface area (Å²) < 4.78 is 0. The maximum atomic E-state index is 4.02. The Bertz CT molecular complexity index is 114. The SMILES string of the molecule is CCC1C=NC=CC1. The van der Waals surface area contributed by atoms with Gasteiger partial charge in [0.15, 0.2) is 0 Å². The summed E-state index contributed by atoms with van der Waals surface area (Å²) in [5.41, 5.74) is 0. The molecule has 8 heavy (non-hydrogen) atoms. The normalized spacial score (nSPS) is 26.4. The van der Waals surface area contributed by atoms with Crippen LogP contribution >= 0.6 is 0 Å². The van der Waals surface area contributed by atoms with Crippen molar-refractivity contribution in [2.45, 2.75) is 19.8 Å². The minimum Gasteiger partial charge on any atom is -0.269 e. The molecule has 1 rings (SSSR count). The molecule has 1 heterocycles. The molecular formula is C7H11N. The third-order valence-corrected chi connectivity index (χ3v) is 1.45. The molecule has 0 saturated carbocycles. The van der Waals surface area contributed by atoms with Gasteiger partial charge in [-0.3, -0.25) is 4.99 Å². The van der Waals surface area contributed by atoms with E-state index in [0.717, 1.165) is 0 Å². The number of hydrogen-bond donors (Lipinski definition) is 0. The Labute approximate surface area is 50.1 Å². The van der Waals surface area contributed by atoms with Gasteiger partial charge >= 0.3 is 0 Å². The van der Waals surface area contributed by atoms with Crippen LogP contribution in [0.2, 0.25) is 0 Å². The van der Waals surface area contributed by atoms with Gasteiger partial charge in [-0.2, -0.15) is 0 Å². The number of rotatable bonds is 1. The van der Waals surface area contributed by atoms with Gasteiger partial charge in [0.25, 0.3) is 0 Å². The monoisotopic (exact) mass is 109 g/mol. The molecule has 0 amide bonds. The first-order valence-electron chi connectivity index (χ1n) is 3.11. The van der Waals surface area contributed by atoms with Crippen molar-refractivity contribution < 1.29 is 0 Å². The van der Waals surface area contributed by atoms with Crippen molar-refractivity contribution >= 4 is 6.21 Å². The average Bonchev–Trinajstić information content (AvgIpc) is 1.90. The highest BCUT2D eigenvalue weighted by Gasteiger charge is 2.00. The van der Waals surface area contributed by atoms with Crippen LogP contribution in [0.1, 0.15) is 19.8 Å². The molecular weight excluding hydrogens is 98.1 g/mol. The minimum absolute atomic E-state index is 0.708. The molecule has 1 aliphatic rings. The summed E-state index contributed by atoms with van der Waals surface area (Å²) in [7, 11) is 0. The lowest BCUT2D eigenvalue weighted by Crippen LogP contribution is -1.99. The molecule has 0 N–H and O–H groups in total. The summed E-state index contributed by atoms with van der Waals surface area (Å²) in [6, 6.07) is 0. The van der Waals surface area contributed by atoms with Gasteiger partial charge in [0.2, 0.25) is 0 Å². The molecule has 1 unspecified atom stereocenters. The Morgan fingerprint density at radius 3 is 3.00 bits per heavy atom. The van der Waals surface area contributed by atoms with Crippen molar-refractivity contribution in [2.75, 3.05) is 0 Å². The van der Waals surface area contributed by atoms with Crippen molar-refractivity contribution in [1.29, 1.82) is 0 Å². The minimum atomic E-state index is 0.708. The molecule has 1 heteroatoms. The topological polar surface area (TPSA) is 12.4 Å². The molecule has 44 valence electrons. The third kappa shape index (κ3) is 1.19. The summed E-state index contributed by atoms with van der Waals surface area (Å²) in [4.78, 5) is 4.02. The van der Waals surface area contributed by atoms with Crippen LogP contribution in [0.3, 0.4) is 0 Å². The number of allylic oxidation sites excluding steroid dienone is 1. The molecule has 0 aromatic carbocycles. The molecule has 1 nitrogen and oxygen atoms in total. The van der Waals surface area contributed by atoms with Gasteiger partial charge in [-0.25, -0.2) is 0 Å². The van der Waals surface area contributed by atoms with Gasteiger partial charge in [0.1, 0.15) is 0 Å². The molecule has 0 bridgehead atoms. The van der Waals surface area contributed by atoms with Gasteiger partial charge in [0.05, 0.1) is 0 Å². The molecule has 0 aromatic rings. The maximum absolute atomic E-state index is 4.02. The molecule has 0 aromatic heterocycles. The predicted octanol–water partition coefficient (Wildman–Crippen LogP) is 2.00. The van der Waals surface area contributed by atoms with E-state index >= 15 is 0 Å². The molecule has 1 atom stereocenters. The smallest absolute Gasteiger partial charge is 0.0224 e. The van der Waals surface area contributed by atoms with Gasteiger partial charge in [-0.1, -0.05) is 13.0 Å². The van der Waals surface area contributed by atoms with E-state index in [0.29, 0.717) is 5.92 Å². The Morgan fingerprint density at radius 2 is 2.62 bits per heavy atom. The first-order chi connectivity index (χ1) is 3.93. The molecule has 1 aliphatic heterocycles. The molecule has 0 saturated heterocycles. The van der Waals surface area contributed by atoms with Crippen LogP contribution in [0.25, 0.3) is 0 Å². The highest BCUT2D eigenvalue weighted by Crippen LogP contribution is 2.09. The number of nitrogens with zero attached hydrogens (tertiary/aromatic N) is 1. The summed E-state index contributed by atoms with van der Waals surface area (Å²) in [5.74, 6) is 0.708. The Morgan fingerprint density at radius 1 is 1.75 bits per heavy atom. The third-order valence-electron chi connectivity index (χ3n) is 1.45. The molecule has 0 fully saturated rings. The first-order valence-corrected chi connectivity index (χ1v) is 3.11. The summed E-state index contributed by atoms with van der Waals surface area (Å²) in [5, 5.41) is 0. The largest absolute Gasteiger partial charge is 0.269 e. The van der Waals surface area contributed by atoms with Crippen molar-refractivity contribution in [3.8, 4) is 0 Å². The number of hydrogen-bond acceptors (Lipinski definition) is 1. The average molecular weight is 109 g/mol. The summed E-state index contributed by atoms with van der Waals surface area (Å²) >= 11 is 0. The fourth-order valence-electron chi connectivity index (χ4n) is 0.801. The van der Waals surface area contributed by atoms with Crippen LogP contribution in [0, 0.1) is 5.92 Å². The van der Waals surface area contributed by atoms with Gasteiger partial charge in [0, 0.05) is 12.4 Å². The van der Waals surface area contributed by atoms with Crippen LogP contribution < -0.4 is 0 Å². The zero-order valence-corrected chi connectivity index (χ0v) is 5.17. The quantitative estimate of drug-likeness (QED) is 0.488. The van der Waals surface area contributed by atoms with Crippen molar-refractivity contribution in [3.05, 3.63) is 12.3 Å². The van der Waals surface area contributed by atoms with E-state index in [-0.39, 0.29) is 0 Å². The molecule has 0 radical (unpaired) electrons. The second-order valence-corrected chi connectivity index (χ2v) is 2.09. The summed E-state index contributed by atoms with van der Waals surface area (Å²) in [6.45, 7) is 2.19. The highest BCUT2D eigenvalue weighted by atomic mass is 14.7. The number of aliphatic imine (C=N–C) groups is 1. The van der Waals surface area contributed by atoms with Gasteiger partial charge in [-0.15, -0.1) is 0 Å². The first kappa shape index (κ1) is 5.54. The van der Waals surface area contributed by atoms with E-state index in [1.54, 1.807) is 0 Å². The maximum Gasteiger partial charge on any atom is 0.0224 e. The lowest BCUT2D eigenvalue weighted by molar-refractivity contribution is 0.683. The molecule has 0 spiro atoms. The van der Waals surface area contributed by atoms with E-state index in [4.69, 9.17) is 0 Å². The van der Waals surface area contributed by atoms with Crippen molar-refractivity contribution in [1.82, 2.24) is 0 Å². The zero-order chi connectivity index (χ0) is 5.82. The standard InChI is InChI=1S/C7H11N/c1-2-7-4-3-5-8-6-7/h3,5-7H,2,4H2,1H3. The van der Waals surface area contributed by atoms with Crippen LogP contribution in [0.15, 0.2) is 17.3 Å². The van der Waals surface area contributed by atoms with Crippen molar-refractivity contribution in [2.24, 2.45) is 10.9 Å². The highest BCUT2D eigenvalue weighted by molar-refractivity contribution is 5.62. The van der Waals surface area contributed by atoms with Crippen LogP contribution in [0.5, 0.6) is 0 Å². The molecule has 0 aliphatic carbocycles. The van der Waals surface area contributed by atoms with Crippen molar-refractivity contribution in [3.63, 3.8) is 0 Å². The van der Waals surface area contributed by atoms with Crippen LogP contribution in [0.4, 0.5) is 0 Å². The van der Waals surface area contributed by atoms with E-state index in [1.165, 1.54) is 12.8 Å². The van der Waals surface area contributed by atoms with Crippen LogP contribution in [-0.4, -0.2) is 6.21 Å². The fraction of sp³-hybridized carbons (Fsp3) is 0.571. The zero-order valence-electron chi connectivity index (χ0n) is 5.17. The fourth-order valence-corrected chi connectivity index (χ4v) is 0.801. The van der Waals surface area contributed by atoms with E-state index in [1.807, 2.05) is 12.4 Å². The second-order valence-electron chi connectivity index (χ2n) is 2.09. The second kappa shape index (κ2) is 2.65.